The van der Waals surface area contributed by atoms with Gasteiger partial charge in [0.15, 0.2) is 0 Å². The average molecular weight is 466 g/mol. The van der Waals surface area contributed by atoms with Crippen molar-refractivity contribution in [1.29, 1.82) is 0 Å². The molecule has 1 aromatic rings. The highest BCUT2D eigenvalue weighted by atomic mass is 16.4. The van der Waals surface area contributed by atoms with Crippen molar-refractivity contribution in [2.24, 2.45) is 11.7 Å². The fourth-order valence-electron chi connectivity index (χ4n) is 2.84. The Kier molecular flexibility index (Phi) is 10.8. The standard InChI is InChI=1S/C21H30N4O8/c1-3-11(2)18(21(32)33)25-16(27)10-23-20(31)15(9-17(28)29)24-19(30)14(22)8-12-4-6-13(26)7-5-12/h4-7,11,14-15,18,26H,3,8-10,22H2,1-2H3,(H,23,31)(H,24,30)(H,25,27)(H,28,29)(H,32,33). The molecular weight excluding hydrogens is 436 g/mol. The maximum atomic E-state index is 12.4. The van der Waals surface area contributed by atoms with Crippen molar-refractivity contribution < 1.29 is 39.3 Å². The van der Waals surface area contributed by atoms with Gasteiger partial charge in [0.1, 0.15) is 17.8 Å². The molecule has 0 aromatic heterocycles. The summed E-state index contributed by atoms with van der Waals surface area (Å²) in [7, 11) is 0. The number of phenolic OH excluding ortho intramolecular Hbond substituents is 1. The van der Waals surface area contributed by atoms with E-state index in [2.05, 4.69) is 16.0 Å². The third-order valence-corrected chi connectivity index (χ3v) is 4.96. The highest BCUT2D eigenvalue weighted by Crippen LogP contribution is 2.11. The van der Waals surface area contributed by atoms with Gasteiger partial charge in [-0.2, -0.15) is 0 Å². The molecule has 0 radical (unpaired) electrons. The second-order valence-corrected chi connectivity index (χ2v) is 7.62. The zero-order valence-corrected chi connectivity index (χ0v) is 18.4. The van der Waals surface area contributed by atoms with E-state index < -0.39 is 60.8 Å². The number of nitrogens with two attached hydrogens (primary N) is 1. The van der Waals surface area contributed by atoms with Crippen LogP contribution in [-0.2, 0) is 30.4 Å². The number of hydrogen-bond acceptors (Lipinski definition) is 7. The molecule has 33 heavy (non-hydrogen) atoms. The number of aromatic hydroxyl groups is 1. The van der Waals surface area contributed by atoms with E-state index in [1.54, 1.807) is 26.0 Å². The topological polar surface area (TPSA) is 208 Å². The minimum atomic E-state index is -1.50. The van der Waals surface area contributed by atoms with Crippen molar-refractivity contribution >= 4 is 29.7 Å². The monoisotopic (exact) mass is 466 g/mol. The van der Waals surface area contributed by atoms with Crippen LogP contribution in [-0.4, -0.2) is 69.7 Å². The van der Waals surface area contributed by atoms with Crippen LogP contribution in [0.2, 0.25) is 0 Å². The van der Waals surface area contributed by atoms with Gasteiger partial charge in [0.25, 0.3) is 0 Å². The predicted octanol–water partition coefficient (Wildman–Crippen LogP) is -1.05. The molecule has 1 aromatic carbocycles. The first-order valence-electron chi connectivity index (χ1n) is 10.3. The van der Waals surface area contributed by atoms with Crippen molar-refractivity contribution in [3.8, 4) is 5.75 Å². The average Bonchev–Trinajstić information content (AvgIpc) is 2.75. The van der Waals surface area contributed by atoms with Crippen LogP contribution in [0, 0.1) is 5.92 Å². The molecule has 4 atom stereocenters. The van der Waals surface area contributed by atoms with Gasteiger partial charge in [-0.3, -0.25) is 19.2 Å². The van der Waals surface area contributed by atoms with Crippen molar-refractivity contribution in [2.75, 3.05) is 6.54 Å². The fourth-order valence-corrected chi connectivity index (χ4v) is 2.84. The summed E-state index contributed by atoms with van der Waals surface area (Å²) >= 11 is 0. The Bertz CT molecular complexity index is 858. The molecule has 0 spiro atoms. The second-order valence-electron chi connectivity index (χ2n) is 7.62. The first-order valence-corrected chi connectivity index (χ1v) is 10.3. The second kappa shape index (κ2) is 13.0. The van der Waals surface area contributed by atoms with E-state index in [0.29, 0.717) is 12.0 Å². The summed E-state index contributed by atoms with van der Waals surface area (Å²) in [6.07, 6.45) is -0.182. The lowest BCUT2D eigenvalue weighted by Crippen LogP contribution is -2.54. The highest BCUT2D eigenvalue weighted by molar-refractivity contribution is 5.94. The van der Waals surface area contributed by atoms with E-state index in [9.17, 15) is 34.2 Å². The first kappa shape index (κ1) is 27.4. The van der Waals surface area contributed by atoms with Crippen LogP contribution in [0.5, 0.6) is 5.75 Å². The minimum absolute atomic E-state index is 0.0397. The maximum Gasteiger partial charge on any atom is 0.326 e. The molecule has 12 heteroatoms. The summed E-state index contributed by atoms with van der Waals surface area (Å²) in [6.45, 7) is 2.81. The molecule has 0 aliphatic rings. The van der Waals surface area contributed by atoms with Gasteiger partial charge in [0.05, 0.1) is 19.0 Å². The maximum absolute atomic E-state index is 12.4. The highest BCUT2D eigenvalue weighted by Gasteiger charge is 2.28. The molecule has 0 heterocycles. The van der Waals surface area contributed by atoms with E-state index >= 15 is 0 Å². The third kappa shape index (κ3) is 9.56. The number of carboxylic acid groups (broad SMARTS) is 2. The van der Waals surface area contributed by atoms with Gasteiger partial charge in [-0.25, -0.2) is 4.79 Å². The molecule has 0 bridgehead atoms. The van der Waals surface area contributed by atoms with Crippen molar-refractivity contribution in [3.05, 3.63) is 29.8 Å². The van der Waals surface area contributed by atoms with Crippen molar-refractivity contribution in [2.45, 2.75) is 51.2 Å². The van der Waals surface area contributed by atoms with E-state index in [1.165, 1.54) is 12.1 Å². The Labute approximate surface area is 190 Å². The van der Waals surface area contributed by atoms with E-state index in [4.69, 9.17) is 10.8 Å². The summed E-state index contributed by atoms with van der Waals surface area (Å²) in [5.41, 5.74) is 6.48. The number of phenols is 1. The predicted molar refractivity (Wildman–Crippen MR) is 116 cm³/mol. The molecule has 0 saturated carbocycles. The molecule has 12 nitrogen and oxygen atoms in total. The molecule has 1 rings (SSSR count). The summed E-state index contributed by atoms with van der Waals surface area (Å²) in [5.74, 6) is -5.39. The minimum Gasteiger partial charge on any atom is -0.508 e. The normalized spacial score (nSPS) is 14.3. The molecular formula is C21H30N4O8. The molecule has 3 amide bonds. The number of amides is 3. The smallest absolute Gasteiger partial charge is 0.326 e. The SMILES string of the molecule is CCC(C)C(NC(=O)CNC(=O)C(CC(=O)O)NC(=O)C(N)Cc1ccc(O)cc1)C(=O)O. The van der Waals surface area contributed by atoms with Crippen LogP contribution in [0.25, 0.3) is 0 Å². The zero-order valence-electron chi connectivity index (χ0n) is 18.4. The first-order chi connectivity index (χ1) is 15.4. The Morgan fingerprint density at radius 1 is 1.00 bits per heavy atom. The Morgan fingerprint density at radius 3 is 2.12 bits per heavy atom. The lowest BCUT2D eigenvalue weighted by molar-refractivity contribution is -0.143. The van der Waals surface area contributed by atoms with Gasteiger partial charge in [0, 0.05) is 0 Å². The fraction of sp³-hybridized carbons (Fsp3) is 0.476. The van der Waals surface area contributed by atoms with Gasteiger partial charge in [-0.05, 0) is 30.0 Å². The molecule has 0 fully saturated rings. The Balaban J connectivity index is 2.70. The van der Waals surface area contributed by atoms with Crippen molar-refractivity contribution in [1.82, 2.24) is 16.0 Å². The van der Waals surface area contributed by atoms with Crippen LogP contribution < -0.4 is 21.7 Å². The third-order valence-electron chi connectivity index (χ3n) is 4.96. The summed E-state index contributed by atoms with van der Waals surface area (Å²) < 4.78 is 0. The zero-order chi connectivity index (χ0) is 25.1. The molecule has 0 aliphatic heterocycles. The Hall–Kier alpha value is -3.67. The number of hydrogen-bond donors (Lipinski definition) is 7. The number of carboxylic acids is 2. The Morgan fingerprint density at radius 2 is 1.61 bits per heavy atom. The lowest BCUT2D eigenvalue weighted by Gasteiger charge is -2.21. The van der Waals surface area contributed by atoms with Gasteiger partial charge in [0.2, 0.25) is 17.7 Å². The van der Waals surface area contributed by atoms with Gasteiger partial charge in [-0.15, -0.1) is 0 Å². The molecule has 8 N–H and O–H groups in total. The van der Waals surface area contributed by atoms with E-state index in [0.717, 1.165) is 0 Å². The van der Waals surface area contributed by atoms with Crippen LogP contribution in [0.1, 0.15) is 32.3 Å². The van der Waals surface area contributed by atoms with Crippen LogP contribution in [0.4, 0.5) is 0 Å². The summed E-state index contributed by atoms with van der Waals surface area (Å²) in [5, 5.41) is 34.3. The van der Waals surface area contributed by atoms with Crippen LogP contribution in [0.15, 0.2) is 24.3 Å². The van der Waals surface area contributed by atoms with Crippen molar-refractivity contribution in [3.63, 3.8) is 0 Å². The number of carbonyl (C=O) groups is 5. The molecule has 0 saturated heterocycles. The molecule has 0 aliphatic carbocycles. The van der Waals surface area contributed by atoms with Gasteiger partial charge in [-0.1, -0.05) is 32.4 Å². The van der Waals surface area contributed by atoms with E-state index in [-0.39, 0.29) is 18.1 Å². The van der Waals surface area contributed by atoms with Crippen LogP contribution >= 0.6 is 0 Å². The van der Waals surface area contributed by atoms with E-state index in [1.807, 2.05) is 0 Å². The van der Waals surface area contributed by atoms with Crippen LogP contribution in [0.3, 0.4) is 0 Å². The number of nitrogens with one attached hydrogen (secondary N) is 3. The molecule has 182 valence electrons. The quantitative estimate of drug-likeness (QED) is 0.189. The summed E-state index contributed by atoms with van der Waals surface area (Å²) in [4.78, 5) is 59.2. The number of carbonyl (C=O) groups excluding carboxylic acids is 3. The van der Waals surface area contributed by atoms with Gasteiger partial charge < -0.3 is 37.0 Å². The number of rotatable bonds is 13. The van der Waals surface area contributed by atoms with Gasteiger partial charge >= 0.3 is 11.9 Å². The largest absolute Gasteiger partial charge is 0.508 e. The number of benzene rings is 1. The molecule has 4 unspecified atom stereocenters. The number of aliphatic carboxylic acids is 2. The summed E-state index contributed by atoms with van der Waals surface area (Å²) in [6, 6.07) is 2.21. The lowest BCUT2D eigenvalue weighted by atomic mass is 9.99.